The third-order valence-corrected chi connectivity index (χ3v) is 4.88. The molecule has 0 aromatic carbocycles. The number of nitrogens with two attached hydrogens (primary N) is 1. The van der Waals surface area contributed by atoms with Crippen molar-refractivity contribution in [1.82, 2.24) is 4.72 Å². The second kappa shape index (κ2) is 8.79. The first-order chi connectivity index (χ1) is 9.98. The molecule has 1 heterocycles. The Morgan fingerprint density at radius 1 is 1.52 bits per heavy atom. The predicted octanol–water partition coefficient (Wildman–Crippen LogP) is 0.431. The molecule has 0 aliphatic rings. The lowest BCUT2D eigenvalue weighted by molar-refractivity contribution is -0.140. The molecule has 1 rings (SSSR count). The number of esters is 1. The fourth-order valence-corrected chi connectivity index (χ4v) is 3.39. The van der Waals surface area contributed by atoms with E-state index in [0.29, 0.717) is 0 Å². The average molecular weight is 330 g/mol. The van der Waals surface area contributed by atoms with Gasteiger partial charge in [-0.1, -0.05) is 11.8 Å². The van der Waals surface area contributed by atoms with Gasteiger partial charge in [0.05, 0.1) is 19.4 Å². The summed E-state index contributed by atoms with van der Waals surface area (Å²) in [5, 5.41) is 1.85. The maximum absolute atomic E-state index is 11.8. The average Bonchev–Trinajstić information content (AvgIpc) is 2.90. The minimum absolute atomic E-state index is 0.0869. The Balaban J connectivity index is 2.50. The van der Waals surface area contributed by atoms with Crippen molar-refractivity contribution < 1.29 is 17.9 Å². The Morgan fingerprint density at radius 2 is 2.29 bits per heavy atom. The number of carbonyl (C=O) groups is 1. The fourth-order valence-electron chi connectivity index (χ4n) is 1.49. The topological polar surface area (TPSA) is 98.5 Å². The monoisotopic (exact) mass is 330 g/mol. The van der Waals surface area contributed by atoms with E-state index in [0.717, 1.165) is 10.4 Å². The van der Waals surface area contributed by atoms with Gasteiger partial charge < -0.3 is 10.5 Å². The van der Waals surface area contributed by atoms with E-state index in [2.05, 4.69) is 21.3 Å². The van der Waals surface area contributed by atoms with E-state index in [1.54, 1.807) is 0 Å². The van der Waals surface area contributed by atoms with Crippen LogP contribution in [0.5, 0.6) is 0 Å². The number of hydrogen-bond donors (Lipinski definition) is 2. The molecule has 0 aliphatic carbocycles. The van der Waals surface area contributed by atoms with Crippen molar-refractivity contribution in [2.24, 2.45) is 5.73 Å². The zero-order valence-corrected chi connectivity index (χ0v) is 13.4. The molecule has 8 heteroatoms. The van der Waals surface area contributed by atoms with E-state index in [1.165, 1.54) is 18.4 Å². The zero-order valence-electron chi connectivity index (χ0n) is 11.7. The Morgan fingerprint density at radius 3 is 2.95 bits per heavy atom. The van der Waals surface area contributed by atoms with E-state index in [-0.39, 0.29) is 31.7 Å². The van der Waals surface area contributed by atoms with Crippen LogP contribution in [0.25, 0.3) is 0 Å². The molecule has 21 heavy (non-hydrogen) atoms. The fraction of sp³-hybridized carbons (Fsp3) is 0.462. The Bertz CT molecular complexity index is 626. The van der Waals surface area contributed by atoms with E-state index >= 15 is 0 Å². The number of rotatable bonds is 7. The molecule has 1 aromatic heterocycles. The standard InChI is InChI=1S/C13H18N2O4S2/c1-19-13(16)5-3-9-21(17,18)15-10-12-11(4-2-7-14)6-8-20-12/h6,8,15H,3,5,7,9-10,14H2,1H3. The lowest BCUT2D eigenvalue weighted by Crippen LogP contribution is -2.26. The smallest absolute Gasteiger partial charge is 0.305 e. The highest BCUT2D eigenvalue weighted by atomic mass is 32.2. The van der Waals surface area contributed by atoms with Crippen LogP contribution in [0.1, 0.15) is 23.3 Å². The van der Waals surface area contributed by atoms with Gasteiger partial charge in [-0.3, -0.25) is 4.79 Å². The zero-order chi connectivity index (χ0) is 15.7. The first-order valence-electron chi connectivity index (χ1n) is 6.28. The van der Waals surface area contributed by atoms with Crippen molar-refractivity contribution >= 4 is 27.3 Å². The van der Waals surface area contributed by atoms with E-state index in [4.69, 9.17) is 5.73 Å². The lowest BCUT2D eigenvalue weighted by Gasteiger charge is -2.05. The number of ether oxygens (including phenoxy) is 1. The summed E-state index contributed by atoms with van der Waals surface area (Å²) in [7, 11) is -2.15. The summed E-state index contributed by atoms with van der Waals surface area (Å²) in [6.07, 6.45) is 0.315. The number of carbonyl (C=O) groups excluding carboxylic acids is 1. The SMILES string of the molecule is COC(=O)CCCS(=O)(=O)NCc1sccc1C#CCN. The van der Waals surface area contributed by atoms with Gasteiger partial charge in [0, 0.05) is 23.4 Å². The van der Waals surface area contributed by atoms with Crippen LogP contribution >= 0.6 is 11.3 Å². The number of sulfonamides is 1. The third kappa shape index (κ3) is 6.73. The molecule has 0 unspecified atom stereocenters. The number of thiophene rings is 1. The largest absolute Gasteiger partial charge is 0.469 e. The summed E-state index contributed by atoms with van der Waals surface area (Å²) < 4.78 is 30.6. The summed E-state index contributed by atoms with van der Waals surface area (Å²) >= 11 is 1.43. The summed E-state index contributed by atoms with van der Waals surface area (Å²) in [6.45, 7) is 0.446. The molecule has 0 aliphatic heterocycles. The van der Waals surface area contributed by atoms with Gasteiger partial charge in [0.25, 0.3) is 0 Å². The molecule has 0 radical (unpaired) electrons. The Hall–Kier alpha value is -1.40. The van der Waals surface area contributed by atoms with Gasteiger partial charge in [0.15, 0.2) is 0 Å². The number of nitrogens with one attached hydrogen (secondary N) is 1. The molecule has 0 amide bonds. The summed E-state index contributed by atoms with van der Waals surface area (Å²) in [5.41, 5.74) is 6.09. The van der Waals surface area contributed by atoms with Crippen LogP contribution < -0.4 is 10.5 Å². The number of methoxy groups -OCH3 is 1. The van der Waals surface area contributed by atoms with Crippen molar-refractivity contribution in [2.45, 2.75) is 19.4 Å². The third-order valence-electron chi connectivity index (χ3n) is 2.54. The summed E-state index contributed by atoms with van der Waals surface area (Å²) in [4.78, 5) is 11.8. The Labute approximate surface area is 128 Å². The van der Waals surface area contributed by atoms with E-state index < -0.39 is 16.0 Å². The quantitative estimate of drug-likeness (QED) is 0.558. The van der Waals surface area contributed by atoms with Gasteiger partial charge in [-0.05, 0) is 17.9 Å². The van der Waals surface area contributed by atoms with Crippen LogP contribution in [0.4, 0.5) is 0 Å². The molecular weight excluding hydrogens is 312 g/mol. The summed E-state index contributed by atoms with van der Waals surface area (Å²) in [5.74, 6) is 5.10. The first-order valence-corrected chi connectivity index (χ1v) is 8.81. The van der Waals surface area contributed by atoms with Crippen LogP contribution in [-0.2, 0) is 26.1 Å². The van der Waals surface area contributed by atoms with E-state index in [9.17, 15) is 13.2 Å². The van der Waals surface area contributed by atoms with Crippen LogP contribution in [0, 0.1) is 11.8 Å². The van der Waals surface area contributed by atoms with Crippen molar-refractivity contribution in [1.29, 1.82) is 0 Å². The lowest BCUT2D eigenvalue weighted by atomic mass is 10.2. The highest BCUT2D eigenvalue weighted by Crippen LogP contribution is 2.15. The van der Waals surface area contributed by atoms with Gasteiger partial charge in [-0.25, -0.2) is 13.1 Å². The maximum Gasteiger partial charge on any atom is 0.305 e. The maximum atomic E-state index is 11.8. The van der Waals surface area contributed by atoms with E-state index in [1.807, 2.05) is 11.4 Å². The minimum atomic E-state index is -3.42. The van der Waals surface area contributed by atoms with Gasteiger partial charge in [0.1, 0.15) is 0 Å². The van der Waals surface area contributed by atoms with Crippen LogP contribution in [0.3, 0.4) is 0 Å². The molecule has 0 spiro atoms. The van der Waals surface area contributed by atoms with Crippen molar-refractivity contribution in [2.75, 3.05) is 19.4 Å². The molecule has 116 valence electrons. The van der Waals surface area contributed by atoms with Crippen molar-refractivity contribution in [3.05, 3.63) is 21.9 Å². The molecule has 0 bridgehead atoms. The first kappa shape index (κ1) is 17.7. The van der Waals surface area contributed by atoms with Gasteiger partial charge in [-0.15, -0.1) is 11.3 Å². The van der Waals surface area contributed by atoms with Gasteiger partial charge >= 0.3 is 5.97 Å². The van der Waals surface area contributed by atoms with Crippen LogP contribution in [0.15, 0.2) is 11.4 Å². The highest BCUT2D eigenvalue weighted by molar-refractivity contribution is 7.89. The predicted molar refractivity (Wildman–Crippen MR) is 82.1 cm³/mol. The molecular formula is C13H18N2O4S2. The van der Waals surface area contributed by atoms with Crippen LogP contribution in [-0.4, -0.2) is 33.8 Å². The van der Waals surface area contributed by atoms with Crippen molar-refractivity contribution in [3.63, 3.8) is 0 Å². The van der Waals surface area contributed by atoms with Gasteiger partial charge in [-0.2, -0.15) is 0 Å². The molecule has 0 saturated carbocycles. The molecule has 6 nitrogen and oxygen atoms in total. The molecule has 0 fully saturated rings. The van der Waals surface area contributed by atoms with Crippen molar-refractivity contribution in [3.8, 4) is 11.8 Å². The highest BCUT2D eigenvalue weighted by Gasteiger charge is 2.13. The molecule has 0 atom stereocenters. The second-order valence-electron chi connectivity index (χ2n) is 4.08. The second-order valence-corrected chi connectivity index (χ2v) is 7.01. The van der Waals surface area contributed by atoms with Crippen LogP contribution in [0.2, 0.25) is 0 Å². The minimum Gasteiger partial charge on any atom is -0.469 e. The normalized spacial score (nSPS) is 10.8. The molecule has 1 aromatic rings. The summed E-state index contributed by atoms with van der Waals surface area (Å²) in [6, 6.07) is 1.83. The molecule has 3 N–H and O–H groups in total. The Kier molecular flexibility index (Phi) is 7.39. The van der Waals surface area contributed by atoms with Gasteiger partial charge in [0.2, 0.25) is 10.0 Å². The number of hydrogen-bond acceptors (Lipinski definition) is 6. The molecule has 0 saturated heterocycles.